The Morgan fingerprint density at radius 3 is 2.44 bits per heavy atom. The molecule has 27 heavy (non-hydrogen) atoms. The van der Waals surface area contributed by atoms with E-state index in [1.54, 1.807) is 0 Å². The number of hydrogen-bond acceptors (Lipinski definition) is 2. The second-order valence-corrected chi connectivity index (χ2v) is 7.22. The highest BCUT2D eigenvalue weighted by Gasteiger charge is 2.24. The summed E-state index contributed by atoms with van der Waals surface area (Å²) in [5, 5.41) is 0. The van der Waals surface area contributed by atoms with Crippen LogP contribution in [0.15, 0.2) is 73.5 Å². The second kappa shape index (κ2) is 7.87. The summed E-state index contributed by atoms with van der Waals surface area (Å²) in [6.07, 6.45) is 3.37. The van der Waals surface area contributed by atoms with Crippen LogP contribution in [0.4, 0.5) is 11.4 Å². The van der Waals surface area contributed by atoms with Crippen molar-refractivity contribution in [1.82, 2.24) is 0 Å². The molecule has 2 nitrogen and oxygen atoms in total. The number of fused-ring (bicyclic) bond motifs is 1. The summed E-state index contributed by atoms with van der Waals surface area (Å²) in [6.45, 7) is 16.2. The third-order valence-corrected chi connectivity index (χ3v) is 5.61. The molecule has 1 atom stereocenters. The van der Waals surface area contributed by atoms with Crippen LogP contribution in [-0.4, -0.2) is 13.6 Å². The molecule has 2 heteroatoms. The van der Waals surface area contributed by atoms with E-state index in [9.17, 15) is 0 Å². The normalized spacial score (nSPS) is 14.4. The lowest BCUT2D eigenvalue weighted by atomic mass is 9.87. The molecule has 0 amide bonds. The number of benzene rings is 2. The first kappa shape index (κ1) is 19.0. The fourth-order valence-corrected chi connectivity index (χ4v) is 3.67. The largest absolute Gasteiger partial charge is 0.345 e. The summed E-state index contributed by atoms with van der Waals surface area (Å²) in [5.74, 6) is 0.498. The molecule has 1 heterocycles. The van der Waals surface area contributed by atoms with Gasteiger partial charge < -0.3 is 9.80 Å². The minimum Gasteiger partial charge on any atom is -0.345 e. The Morgan fingerprint density at radius 1 is 1.11 bits per heavy atom. The smallest absolute Gasteiger partial charge is 0.0488 e. The molecular weight excluding hydrogens is 328 g/mol. The van der Waals surface area contributed by atoms with E-state index in [0.717, 1.165) is 35.6 Å². The van der Waals surface area contributed by atoms with Crippen molar-refractivity contribution in [2.45, 2.75) is 27.2 Å². The van der Waals surface area contributed by atoms with E-state index in [0.29, 0.717) is 5.92 Å². The fraction of sp³-hybridized carbons (Fsp3) is 0.280. The van der Waals surface area contributed by atoms with Crippen molar-refractivity contribution in [3.63, 3.8) is 0 Å². The van der Waals surface area contributed by atoms with Gasteiger partial charge in [0.15, 0.2) is 0 Å². The Labute approximate surface area is 164 Å². The molecule has 3 rings (SSSR count). The molecule has 0 saturated heterocycles. The number of rotatable bonds is 6. The summed E-state index contributed by atoms with van der Waals surface area (Å²) in [5.41, 5.74) is 8.31. The molecule has 0 aliphatic carbocycles. The molecule has 0 aromatic heterocycles. The van der Waals surface area contributed by atoms with Gasteiger partial charge >= 0.3 is 0 Å². The van der Waals surface area contributed by atoms with Gasteiger partial charge in [0.05, 0.1) is 0 Å². The molecule has 1 unspecified atom stereocenters. The molecule has 0 saturated carbocycles. The summed E-state index contributed by atoms with van der Waals surface area (Å²) in [6, 6.07) is 17.0. The van der Waals surface area contributed by atoms with E-state index in [-0.39, 0.29) is 0 Å². The van der Waals surface area contributed by atoms with Crippen LogP contribution < -0.4 is 9.80 Å². The van der Waals surface area contributed by atoms with Crippen molar-refractivity contribution < 1.29 is 0 Å². The van der Waals surface area contributed by atoms with Crippen LogP contribution in [0.5, 0.6) is 0 Å². The maximum absolute atomic E-state index is 4.31. The van der Waals surface area contributed by atoms with Crippen molar-refractivity contribution in [2.75, 3.05) is 23.4 Å². The lowest BCUT2D eigenvalue weighted by Gasteiger charge is -2.34. The molecule has 2 aromatic rings. The minimum absolute atomic E-state index is 0.498. The summed E-state index contributed by atoms with van der Waals surface area (Å²) in [7, 11) is 2.09. The lowest BCUT2D eigenvalue weighted by Crippen LogP contribution is -2.25. The van der Waals surface area contributed by atoms with Crippen molar-refractivity contribution in [3.05, 3.63) is 84.6 Å². The first-order valence-electron chi connectivity index (χ1n) is 9.78. The predicted octanol–water partition coefficient (Wildman–Crippen LogP) is 6.58. The molecule has 0 bridgehead atoms. The second-order valence-electron chi connectivity index (χ2n) is 7.22. The molecule has 0 spiro atoms. The summed E-state index contributed by atoms with van der Waals surface area (Å²) < 4.78 is 0. The van der Waals surface area contributed by atoms with Gasteiger partial charge in [-0.1, -0.05) is 57.3 Å². The molecule has 140 valence electrons. The Bertz CT molecular complexity index is 876. The van der Waals surface area contributed by atoms with E-state index in [4.69, 9.17) is 0 Å². The number of allylic oxidation sites excluding steroid dienone is 2. The third-order valence-electron chi connectivity index (χ3n) is 5.61. The maximum atomic E-state index is 4.31. The zero-order valence-electron chi connectivity index (χ0n) is 17.0. The maximum Gasteiger partial charge on any atom is 0.0488 e. The van der Waals surface area contributed by atoms with Crippen LogP contribution in [0, 0.1) is 5.92 Å². The summed E-state index contributed by atoms with van der Waals surface area (Å²) >= 11 is 0. The van der Waals surface area contributed by atoms with E-state index in [1.165, 1.54) is 16.8 Å². The summed E-state index contributed by atoms with van der Waals surface area (Å²) in [4.78, 5) is 4.46. The molecule has 1 aliphatic heterocycles. The molecule has 2 aromatic carbocycles. The molecule has 0 fully saturated rings. The Balaban J connectivity index is 2.03. The van der Waals surface area contributed by atoms with Crippen LogP contribution in [0.25, 0.3) is 11.3 Å². The van der Waals surface area contributed by atoms with E-state index >= 15 is 0 Å². The van der Waals surface area contributed by atoms with Gasteiger partial charge in [0.2, 0.25) is 0 Å². The van der Waals surface area contributed by atoms with Gasteiger partial charge in [0.1, 0.15) is 0 Å². The highest BCUT2D eigenvalue weighted by Crippen LogP contribution is 2.42. The van der Waals surface area contributed by atoms with Crippen molar-refractivity contribution in [1.29, 1.82) is 0 Å². The highest BCUT2D eigenvalue weighted by atomic mass is 15.1. The van der Waals surface area contributed by atoms with Crippen molar-refractivity contribution in [3.8, 4) is 0 Å². The molecular formula is C25H30N2. The first-order valence-corrected chi connectivity index (χ1v) is 9.78. The zero-order valence-corrected chi connectivity index (χ0v) is 17.0. The van der Waals surface area contributed by atoms with Crippen LogP contribution >= 0.6 is 0 Å². The topological polar surface area (TPSA) is 6.48 Å². The SMILES string of the molecule is C=C(c1ccccc1)N(C)c1ccc2c(c1)C(C(C)CC)=CC(=C)N2CC. The van der Waals surface area contributed by atoms with E-state index in [1.807, 2.05) is 6.07 Å². The Kier molecular flexibility index (Phi) is 5.55. The van der Waals surface area contributed by atoms with Gasteiger partial charge in [-0.2, -0.15) is 0 Å². The number of anilines is 2. The fourth-order valence-electron chi connectivity index (χ4n) is 3.67. The van der Waals surface area contributed by atoms with Crippen LogP contribution in [0.1, 0.15) is 38.3 Å². The van der Waals surface area contributed by atoms with Crippen molar-refractivity contribution >= 4 is 22.6 Å². The number of likely N-dealkylation sites (N-methyl/N-ethyl adjacent to an activating group) is 1. The first-order chi connectivity index (χ1) is 13.0. The quantitative estimate of drug-likeness (QED) is 0.575. The predicted molar refractivity (Wildman–Crippen MR) is 120 cm³/mol. The van der Waals surface area contributed by atoms with E-state index in [2.05, 4.69) is 99.3 Å². The zero-order chi connectivity index (χ0) is 19.6. The van der Waals surface area contributed by atoms with E-state index < -0.39 is 0 Å². The highest BCUT2D eigenvalue weighted by molar-refractivity contribution is 5.88. The Morgan fingerprint density at radius 2 is 1.81 bits per heavy atom. The van der Waals surface area contributed by atoms with Gasteiger partial charge in [-0.05, 0) is 54.7 Å². The third kappa shape index (κ3) is 3.57. The van der Waals surface area contributed by atoms with Crippen LogP contribution in [0.2, 0.25) is 0 Å². The van der Waals surface area contributed by atoms with Crippen molar-refractivity contribution in [2.24, 2.45) is 5.92 Å². The minimum atomic E-state index is 0.498. The monoisotopic (exact) mass is 358 g/mol. The van der Waals surface area contributed by atoms with Gasteiger partial charge in [-0.3, -0.25) is 0 Å². The van der Waals surface area contributed by atoms with Gasteiger partial charge in [0, 0.05) is 41.9 Å². The van der Waals surface area contributed by atoms with Crippen LogP contribution in [0.3, 0.4) is 0 Å². The van der Waals surface area contributed by atoms with Gasteiger partial charge in [0.25, 0.3) is 0 Å². The van der Waals surface area contributed by atoms with Gasteiger partial charge in [-0.25, -0.2) is 0 Å². The van der Waals surface area contributed by atoms with Crippen LogP contribution in [-0.2, 0) is 0 Å². The molecule has 0 N–H and O–H groups in total. The average molecular weight is 359 g/mol. The number of nitrogens with zero attached hydrogens (tertiary/aromatic N) is 2. The van der Waals surface area contributed by atoms with Gasteiger partial charge in [-0.15, -0.1) is 0 Å². The lowest BCUT2D eigenvalue weighted by molar-refractivity contribution is 0.714. The Hall–Kier alpha value is -2.74. The average Bonchev–Trinajstić information content (AvgIpc) is 2.71. The number of hydrogen-bond donors (Lipinski definition) is 0. The molecule has 1 aliphatic rings. The molecule has 0 radical (unpaired) electrons. The standard InChI is InChI=1S/C25H30N2/c1-7-18(3)23-16-19(4)27(8-2)25-15-14-22(17-24(23)25)26(6)20(5)21-12-10-9-11-13-21/h9-18H,4-5,7-8H2,1-3,6H3.